The Morgan fingerprint density at radius 3 is 3.00 bits per heavy atom. The van der Waals surface area contributed by atoms with Gasteiger partial charge in [-0.3, -0.25) is 9.89 Å². The Hall–Kier alpha value is -1.89. The van der Waals surface area contributed by atoms with Crippen LogP contribution in [0.3, 0.4) is 0 Å². The van der Waals surface area contributed by atoms with Crippen LogP contribution in [0.4, 0.5) is 5.69 Å². The van der Waals surface area contributed by atoms with Crippen molar-refractivity contribution >= 4 is 22.9 Å². The molecular weight excluding hydrogens is 262 g/mol. The van der Waals surface area contributed by atoms with E-state index in [1.54, 1.807) is 11.3 Å². The van der Waals surface area contributed by atoms with Crippen LogP contribution in [0.25, 0.3) is 0 Å². The molecule has 1 amide bonds. The maximum absolute atomic E-state index is 12.0. The number of nitrogen functional groups attached to an aromatic ring is 1. The number of nitrogens with zero attached hydrogens (tertiary/aromatic N) is 2. The number of aromatic amines is 1. The van der Waals surface area contributed by atoms with Gasteiger partial charge >= 0.3 is 0 Å². The summed E-state index contributed by atoms with van der Waals surface area (Å²) in [6.07, 6.45) is 1.74. The average molecular weight is 279 g/mol. The van der Waals surface area contributed by atoms with Gasteiger partial charge in [-0.2, -0.15) is 5.10 Å². The van der Waals surface area contributed by atoms with Crippen molar-refractivity contribution in [3.63, 3.8) is 0 Å². The standard InChI is InChI=1S/C12H17N5OS/c1-3-4-9-10(13)11(17-16-9)12(18)14-5-8-6-19-7(2)15-8/h6H,3-5,13H2,1-2H3,(H,14,18)(H,16,17). The van der Waals surface area contributed by atoms with Gasteiger partial charge in [-0.25, -0.2) is 4.98 Å². The highest BCUT2D eigenvalue weighted by Crippen LogP contribution is 2.15. The lowest BCUT2D eigenvalue weighted by Crippen LogP contribution is -2.24. The van der Waals surface area contributed by atoms with Crippen LogP contribution in [0.15, 0.2) is 5.38 Å². The molecule has 0 saturated heterocycles. The zero-order valence-corrected chi connectivity index (χ0v) is 11.8. The highest BCUT2D eigenvalue weighted by molar-refractivity contribution is 7.09. The number of rotatable bonds is 5. The minimum atomic E-state index is -0.276. The smallest absolute Gasteiger partial charge is 0.274 e. The fourth-order valence-corrected chi connectivity index (χ4v) is 2.36. The number of nitrogens with one attached hydrogen (secondary N) is 2. The molecule has 102 valence electrons. The first-order chi connectivity index (χ1) is 9.11. The molecule has 0 fully saturated rings. The molecule has 0 aliphatic carbocycles. The van der Waals surface area contributed by atoms with Crippen LogP contribution in [0.1, 0.15) is 40.2 Å². The maximum Gasteiger partial charge on any atom is 0.274 e. The van der Waals surface area contributed by atoms with Gasteiger partial charge in [0, 0.05) is 5.38 Å². The van der Waals surface area contributed by atoms with Crippen LogP contribution >= 0.6 is 11.3 Å². The van der Waals surface area contributed by atoms with Gasteiger partial charge < -0.3 is 11.1 Å². The first kappa shape index (κ1) is 13.5. The fourth-order valence-electron chi connectivity index (χ4n) is 1.74. The molecule has 0 unspecified atom stereocenters. The normalized spacial score (nSPS) is 10.6. The molecule has 0 saturated carbocycles. The van der Waals surface area contributed by atoms with E-state index < -0.39 is 0 Å². The Balaban J connectivity index is 2.00. The molecule has 2 heterocycles. The molecule has 6 nitrogen and oxygen atoms in total. The molecule has 0 aromatic carbocycles. The molecule has 4 N–H and O–H groups in total. The highest BCUT2D eigenvalue weighted by Gasteiger charge is 2.16. The third-order valence-corrected chi connectivity index (χ3v) is 3.52. The van der Waals surface area contributed by atoms with Gasteiger partial charge in [0.1, 0.15) is 0 Å². The summed E-state index contributed by atoms with van der Waals surface area (Å²) in [4.78, 5) is 16.2. The topological polar surface area (TPSA) is 96.7 Å². The average Bonchev–Trinajstić information content (AvgIpc) is 2.95. The summed E-state index contributed by atoms with van der Waals surface area (Å²) in [5.74, 6) is -0.276. The van der Waals surface area contributed by atoms with Crippen molar-refractivity contribution < 1.29 is 4.79 Å². The zero-order chi connectivity index (χ0) is 13.8. The molecule has 2 rings (SSSR count). The number of aryl methyl sites for hydroxylation is 2. The second-order valence-electron chi connectivity index (χ2n) is 4.25. The summed E-state index contributed by atoms with van der Waals surface area (Å²) in [7, 11) is 0. The number of nitrogens with two attached hydrogens (primary N) is 1. The van der Waals surface area contributed by atoms with Gasteiger partial charge in [-0.15, -0.1) is 11.3 Å². The van der Waals surface area contributed by atoms with Gasteiger partial charge in [0.25, 0.3) is 5.91 Å². The third-order valence-electron chi connectivity index (χ3n) is 2.69. The van der Waals surface area contributed by atoms with Crippen molar-refractivity contribution in [2.45, 2.75) is 33.2 Å². The van der Waals surface area contributed by atoms with Crippen molar-refractivity contribution in [3.8, 4) is 0 Å². The third kappa shape index (κ3) is 3.11. The number of thiazole rings is 1. The van der Waals surface area contributed by atoms with Crippen molar-refractivity contribution in [3.05, 3.63) is 27.5 Å². The lowest BCUT2D eigenvalue weighted by molar-refractivity contribution is 0.0946. The Bertz CT molecular complexity index is 574. The Labute approximate surface area is 115 Å². The van der Waals surface area contributed by atoms with Crippen LogP contribution in [0.5, 0.6) is 0 Å². The molecule has 2 aromatic heterocycles. The van der Waals surface area contributed by atoms with Crippen LogP contribution in [-0.2, 0) is 13.0 Å². The summed E-state index contributed by atoms with van der Waals surface area (Å²) in [6.45, 7) is 4.36. The molecule has 7 heteroatoms. The Morgan fingerprint density at radius 1 is 1.58 bits per heavy atom. The largest absolute Gasteiger partial charge is 0.395 e. The fraction of sp³-hybridized carbons (Fsp3) is 0.417. The predicted octanol–water partition coefficient (Wildman–Crippen LogP) is 1.64. The summed E-state index contributed by atoms with van der Waals surface area (Å²) in [5, 5.41) is 12.5. The van der Waals surface area contributed by atoms with Crippen molar-refractivity contribution in [2.75, 3.05) is 5.73 Å². The van der Waals surface area contributed by atoms with E-state index in [9.17, 15) is 4.79 Å². The van der Waals surface area contributed by atoms with Crippen LogP contribution in [0, 0.1) is 6.92 Å². The lowest BCUT2D eigenvalue weighted by Gasteiger charge is -2.01. The minimum absolute atomic E-state index is 0.260. The van der Waals surface area contributed by atoms with Crippen LogP contribution in [0.2, 0.25) is 0 Å². The van der Waals surface area contributed by atoms with E-state index in [0.29, 0.717) is 12.2 Å². The Morgan fingerprint density at radius 2 is 2.37 bits per heavy atom. The number of amides is 1. The lowest BCUT2D eigenvalue weighted by atomic mass is 10.2. The molecule has 0 aliphatic heterocycles. The summed E-state index contributed by atoms with van der Waals surface area (Å²) < 4.78 is 0. The minimum Gasteiger partial charge on any atom is -0.395 e. The van der Waals surface area contributed by atoms with Crippen LogP contribution < -0.4 is 11.1 Å². The van der Waals surface area contributed by atoms with E-state index in [1.165, 1.54) is 0 Å². The summed E-state index contributed by atoms with van der Waals surface area (Å²) in [5.41, 5.74) is 8.26. The number of carbonyl (C=O) groups excluding carboxylic acids is 1. The number of carbonyl (C=O) groups is 1. The van der Waals surface area contributed by atoms with Crippen molar-refractivity contribution in [2.24, 2.45) is 0 Å². The van der Waals surface area contributed by atoms with Crippen molar-refractivity contribution in [1.29, 1.82) is 0 Å². The van der Waals surface area contributed by atoms with Gasteiger partial charge in [-0.1, -0.05) is 13.3 Å². The molecule has 19 heavy (non-hydrogen) atoms. The molecular formula is C12H17N5OS. The molecule has 0 spiro atoms. The van der Waals surface area contributed by atoms with E-state index in [0.717, 1.165) is 29.2 Å². The highest BCUT2D eigenvalue weighted by atomic mass is 32.1. The first-order valence-electron chi connectivity index (χ1n) is 6.13. The van der Waals surface area contributed by atoms with Gasteiger partial charge in [0.15, 0.2) is 5.69 Å². The van der Waals surface area contributed by atoms with Gasteiger partial charge in [0.2, 0.25) is 0 Å². The first-order valence-corrected chi connectivity index (χ1v) is 7.01. The number of anilines is 1. The molecule has 0 atom stereocenters. The number of hydrogen-bond acceptors (Lipinski definition) is 5. The molecule has 0 bridgehead atoms. The second kappa shape index (κ2) is 5.83. The summed E-state index contributed by atoms with van der Waals surface area (Å²) >= 11 is 1.56. The molecule has 0 aliphatic rings. The predicted molar refractivity (Wildman–Crippen MR) is 75.0 cm³/mol. The Kier molecular flexibility index (Phi) is 4.16. The number of hydrogen-bond donors (Lipinski definition) is 3. The monoisotopic (exact) mass is 279 g/mol. The van der Waals surface area contributed by atoms with E-state index >= 15 is 0 Å². The van der Waals surface area contributed by atoms with Crippen LogP contribution in [-0.4, -0.2) is 21.1 Å². The van der Waals surface area contributed by atoms with E-state index in [-0.39, 0.29) is 11.6 Å². The van der Waals surface area contributed by atoms with E-state index in [4.69, 9.17) is 5.73 Å². The van der Waals surface area contributed by atoms with E-state index in [1.807, 2.05) is 19.2 Å². The summed E-state index contributed by atoms with van der Waals surface area (Å²) in [6, 6.07) is 0. The number of aromatic nitrogens is 3. The van der Waals surface area contributed by atoms with Gasteiger partial charge in [0.05, 0.1) is 28.6 Å². The second-order valence-corrected chi connectivity index (χ2v) is 5.32. The quantitative estimate of drug-likeness (QED) is 0.775. The molecule has 0 radical (unpaired) electrons. The number of H-pyrrole nitrogens is 1. The van der Waals surface area contributed by atoms with Crippen molar-refractivity contribution in [1.82, 2.24) is 20.5 Å². The van der Waals surface area contributed by atoms with Gasteiger partial charge in [-0.05, 0) is 13.3 Å². The van der Waals surface area contributed by atoms with E-state index in [2.05, 4.69) is 20.5 Å². The SMILES string of the molecule is CCCc1[nH]nc(C(=O)NCc2csc(C)n2)c1N. The zero-order valence-electron chi connectivity index (χ0n) is 11.0. The molecule has 2 aromatic rings. The maximum atomic E-state index is 12.0.